The summed E-state index contributed by atoms with van der Waals surface area (Å²) in [5, 5.41) is 37.2. The Bertz CT molecular complexity index is 3280. The highest BCUT2D eigenvalue weighted by atomic mass is 15.2. The van der Waals surface area contributed by atoms with Gasteiger partial charge in [0.15, 0.2) is 11.6 Å². The van der Waals surface area contributed by atoms with E-state index < -0.39 is 0 Å². The Labute approximate surface area is 460 Å². The lowest BCUT2D eigenvalue weighted by molar-refractivity contribution is 0.317. The van der Waals surface area contributed by atoms with Crippen LogP contribution in [0.15, 0.2) is 109 Å². The van der Waals surface area contributed by atoms with Gasteiger partial charge >= 0.3 is 0 Å². The fraction of sp³-hybridized carbons (Fsp3) is 0.375. The summed E-state index contributed by atoms with van der Waals surface area (Å²) < 4.78 is 0. The van der Waals surface area contributed by atoms with Crippen LogP contribution in [0.1, 0.15) is 124 Å². The van der Waals surface area contributed by atoms with E-state index >= 15 is 0 Å². The van der Waals surface area contributed by atoms with Crippen LogP contribution in [0.3, 0.4) is 0 Å². The number of benzene rings is 4. The zero-order chi connectivity index (χ0) is 55.1. The number of para-hydroxylation sites is 2. The summed E-state index contributed by atoms with van der Waals surface area (Å²) in [5.41, 5.74) is 13.4. The zero-order valence-electron chi connectivity index (χ0n) is 47.1. The molecule has 0 saturated carbocycles. The molecule has 0 aliphatic carbocycles. The van der Waals surface area contributed by atoms with Crippen LogP contribution in [-0.2, 0) is 12.8 Å². The van der Waals surface area contributed by atoms with Crippen LogP contribution in [0.2, 0.25) is 0 Å². The number of piperidine rings is 2. The first-order chi connectivity index (χ1) is 37.4. The number of nitriles is 2. The first-order valence-electron chi connectivity index (χ1n) is 27.4. The van der Waals surface area contributed by atoms with Crippen LogP contribution in [0, 0.1) is 50.4 Å². The molecule has 0 radical (unpaired) electrons. The molecule has 0 unspecified atom stereocenters. The van der Waals surface area contributed by atoms with Gasteiger partial charge in [-0.2, -0.15) is 10.5 Å². The largest absolute Gasteiger partial charge is 0.370 e. The maximum atomic E-state index is 10.4. The Morgan fingerprint density at radius 3 is 1.24 bits per heavy atom. The molecule has 6 heterocycles. The number of anilines is 6. The third-order valence-electron chi connectivity index (χ3n) is 14.4. The molecule has 2 aliphatic heterocycles. The first kappa shape index (κ1) is 54.7. The van der Waals surface area contributed by atoms with Crippen molar-refractivity contribution in [3.63, 3.8) is 0 Å². The third kappa shape index (κ3) is 13.5. The van der Waals surface area contributed by atoms with E-state index in [-0.39, 0.29) is 11.1 Å². The van der Waals surface area contributed by atoms with Gasteiger partial charge in [0, 0.05) is 108 Å². The molecule has 10 rings (SSSR count). The molecule has 0 spiro atoms. The Kier molecular flexibility index (Phi) is 16.6. The van der Waals surface area contributed by atoms with Gasteiger partial charge in [-0.25, -0.2) is 29.9 Å². The number of nitrogens with one attached hydrogen (secondary N) is 4. The predicted octanol–water partition coefficient (Wildman–Crippen LogP) is 12.4. The summed E-state index contributed by atoms with van der Waals surface area (Å²) in [6.07, 6.45) is 9.10. The Morgan fingerprint density at radius 2 is 0.897 bits per heavy atom. The fourth-order valence-corrected chi connectivity index (χ4v) is 10.9. The van der Waals surface area contributed by atoms with E-state index in [1.54, 1.807) is 12.4 Å². The molecule has 78 heavy (non-hydrogen) atoms. The maximum absolute atomic E-state index is 10.4. The van der Waals surface area contributed by atoms with Gasteiger partial charge < -0.3 is 31.1 Å². The van der Waals surface area contributed by atoms with Crippen molar-refractivity contribution in [1.29, 1.82) is 10.5 Å². The van der Waals surface area contributed by atoms with Crippen molar-refractivity contribution >= 4 is 56.2 Å². The topological polar surface area (TPSA) is 180 Å². The smallest absolute Gasteiger partial charge is 0.151 e. The fourth-order valence-electron chi connectivity index (χ4n) is 10.9. The SMILES string of the molecule is Cc1ccnc(Cc2ccc(Nc3nc4ccccc4c(N4CCC(NC(C)(C)C)CC4)c3C#N)cc2C)n1.Cc1ccnc(Cc2ccc(Nc3nc4ccccc4c(N4CCC(NC(C)(C)C)CC4)c3C#N)cc2C)n1. The number of aryl methyl sites for hydroxylation is 4. The molecule has 2 saturated heterocycles. The normalized spacial score (nSPS) is 14.4. The quantitative estimate of drug-likeness (QED) is 0.0908. The molecule has 14 nitrogen and oxygen atoms in total. The third-order valence-corrected chi connectivity index (χ3v) is 14.4. The summed E-state index contributed by atoms with van der Waals surface area (Å²) in [5.74, 6) is 2.81. The van der Waals surface area contributed by atoms with Crippen molar-refractivity contribution in [3.05, 3.63) is 166 Å². The van der Waals surface area contributed by atoms with Gasteiger partial charge in [-0.15, -0.1) is 0 Å². The number of hydrogen-bond donors (Lipinski definition) is 4. The molecule has 0 bridgehead atoms. The molecule has 2 aliphatic rings. The molecule has 2 fully saturated rings. The lowest BCUT2D eigenvalue weighted by atomic mass is 9.98. The van der Waals surface area contributed by atoms with Crippen molar-refractivity contribution in [2.75, 3.05) is 46.6 Å². The summed E-state index contributed by atoms with van der Waals surface area (Å²) >= 11 is 0. The van der Waals surface area contributed by atoms with E-state index in [1.807, 2.05) is 74.5 Å². The van der Waals surface area contributed by atoms with Crippen LogP contribution < -0.4 is 31.1 Å². The highest BCUT2D eigenvalue weighted by Gasteiger charge is 2.29. The van der Waals surface area contributed by atoms with Crippen LogP contribution >= 0.6 is 0 Å². The molecule has 4 aromatic heterocycles. The number of rotatable bonds is 12. The number of fused-ring (bicyclic) bond motifs is 2. The van der Waals surface area contributed by atoms with Crippen molar-refractivity contribution in [1.82, 2.24) is 40.5 Å². The second-order valence-electron chi connectivity index (χ2n) is 23.1. The Morgan fingerprint density at radius 1 is 0.513 bits per heavy atom. The minimum Gasteiger partial charge on any atom is -0.370 e. The monoisotopic (exact) mass is 1040 g/mol. The average molecular weight is 1040 g/mol. The second kappa shape index (κ2) is 23.7. The number of hydrogen-bond acceptors (Lipinski definition) is 14. The molecular formula is C64H74N14. The van der Waals surface area contributed by atoms with E-state index in [9.17, 15) is 10.5 Å². The van der Waals surface area contributed by atoms with Crippen molar-refractivity contribution < 1.29 is 0 Å². The molecule has 4 aromatic carbocycles. The first-order valence-corrected chi connectivity index (χ1v) is 27.4. The van der Waals surface area contributed by atoms with Crippen LogP contribution in [-0.4, -0.2) is 79.2 Å². The molecule has 0 amide bonds. The van der Waals surface area contributed by atoms with Crippen molar-refractivity contribution in [2.45, 2.75) is 131 Å². The van der Waals surface area contributed by atoms with Gasteiger partial charge in [0.1, 0.15) is 34.9 Å². The highest BCUT2D eigenvalue weighted by Crippen LogP contribution is 2.39. The summed E-state index contributed by atoms with van der Waals surface area (Å²) in [4.78, 5) is 32.4. The standard InChI is InChI=1S/2C32H37N7/c2*1-21-18-25(11-10-23(21)19-29-34-15-12-22(2)35-29)36-31-27(20-33)30(26-8-6-7-9-28(26)37-31)39-16-13-24(14-17-39)38-32(3,4)5/h2*6-12,15,18,24,38H,13-14,16-17,19H2,1-5H3,(H,36,37). The van der Waals surface area contributed by atoms with Gasteiger partial charge in [0.25, 0.3) is 0 Å². The van der Waals surface area contributed by atoms with E-state index in [0.29, 0.717) is 47.7 Å². The molecule has 4 N–H and O–H groups in total. The van der Waals surface area contributed by atoms with Crippen LogP contribution in [0.4, 0.5) is 34.4 Å². The minimum absolute atomic E-state index is 0.0891. The number of nitrogens with zero attached hydrogens (tertiary/aromatic N) is 10. The van der Waals surface area contributed by atoms with Gasteiger partial charge in [-0.05, 0) is 166 Å². The number of aromatic nitrogens is 6. The highest BCUT2D eigenvalue weighted by molar-refractivity contribution is 5.99. The zero-order valence-corrected chi connectivity index (χ0v) is 47.1. The van der Waals surface area contributed by atoms with Crippen LogP contribution in [0.25, 0.3) is 21.8 Å². The lowest BCUT2D eigenvalue weighted by Gasteiger charge is -2.38. The molecular weight excluding hydrogens is 965 g/mol. The van der Waals surface area contributed by atoms with E-state index in [1.165, 1.54) is 11.1 Å². The average Bonchev–Trinajstić information content (AvgIpc) is 3.58. The van der Waals surface area contributed by atoms with Gasteiger partial charge in [-0.3, -0.25) is 0 Å². The van der Waals surface area contributed by atoms with Gasteiger partial charge in [0.2, 0.25) is 0 Å². The summed E-state index contributed by atoms with van der Waals surface area (Å²) in [6.45, 7) is 25.0. The second-order valence-corrected chi connectivity index (χ2v) is 23.1. The Balaban J connectivity index is 0.000000190. The maximum Gasteiger partial charge on any atom is 0.151 e. The van der Waals surface area contributed by atoms with E-state index in [2.05, 4.69) is 155 Å². The van der Waals surface area contributed by atoms with E-state index in [4.69, 9.17) is 9.97 Å². The van der Waals surface area contributed by atoms with Crippen molar-refractivity contribution in [3.8, 4) is 12.1 Å². The minimum atomic E-state index is 0.0891. The Hall–Kier alpha value is -8.04. The predicted molar refractivity (Wildman–Crippen MR) is 317 cm³/mol. The molecule has 8 aromatic rings. The van der Waals surface area contributed by atoms with Gasteiger partial charge in [0.05, 0.1) is 22.4 Å². The molecule has 400 valence electrons. The van der Waals surface area contributed by atoms with Crippen molar-refractivity contribution in [2.24, 2.45) is 0 Å². The molecule has 0 atom stereocenters. The summed E-state index contributed by atoms with van der Waals surface area (Å²) in [7, 11) is 0. The molecule has 14 heteroatoms. The van der Waals surface area contributed by atoms with E-state index in [0.717, 1.165) is 131 Å². The van der Waals surface area contributed by atoms with Crippen LogP contribution in [0.5, 0.6) is 0 Å². The van der Waals surface area contributed by atoms with Gasteiger partial charge in [-0.1, -0.05) is 48.5 Å². The lowest BCUT2D eigenvalue weighted by Crippen LogP contribution is -2.49. The number of pyridine rings is 2. The summed E-state index contributed by atoms with van der Waals surface area (Å²) in [6, 6.07) is 38.5.